The molecule has 0 bridgehead atoms. The van der Waals surface area contributed by atoms with Crippen LogP contribution in [0.5, 0.6) is 5.75 Å². The number of methoxy groups -OCH3 is 1. The van der Waals surface area contributed by atoms with Crippen LogP contribution in [0.1, 0.15) is 47.2 Å². The van der Waals surface area contributed by atoms with E-state index in [4.69, 9.17) is 21.3 Å². The van der Waals surface area contributed by atoms with Gasteiger partial charge in [0, 0.05) is 35.0 Å². The number of anilines is 1. The molecule has 1 amide bonds. The summed E-state index contributed by atoms with van der Waals surface area (Å²) < 4.78 is 5.33. The van der Waals surface area contributed by atoms with E-state index in [1.54, 1.807) is 19.5 Å². The molecule has 0 fully saturated rings. The van der Waals surface area contributed by atoms with Gasteiger partial charge in [-0.2, -0.15) is 0 Å². The average Bonchev–Trinajstić information content (AvgIpc) is 3.08. The number of benzodiazepines with no additional fused rings is 1. The first kappa shape index (κ1) is 26.6. The van der Waals surface area contributed by atoms with Gasteiger partial charge in [0.25, 0.3) is 5.91 Å². The number of carbonyl (C=O) groups excluding carboxylic acids is 1. The highest BCUT2D eigenvalue weighted by molar-refractivity contribution is 6.32. The highest BCUT2D eigenvalue weighted by Gasteiger charge is 2.33. The summed E-state index contributed by atoms with van der Waals surface area (Å²) in [6.07, 6.45) is 7.34. The van der Waals surface area contributed by atoms with Gasteiger partial charge in [0.15, 0.2) is 0 Å². The third-order valence-electron chi connectivity index (χ3n) is 7.14. The first-order valence-electron chi connectivity index (χ1n) is 13.2. The number of aryl methyl sites for hydroxylation is 2. The van der Waals surface area contributed by atoms with Crippen LogP contribution in [-0.4, -0.2) is 34.7 Å². The lowest BCUT2D eigenvalue weighted by Gasteiger charge is -2.26. The van der Waals surface area contributed by atoms with Gasteiger partial charge < -0.3 is 9.64 Å². The van der Waals surface area contributed by atoms with Crippen LogP contribution < -0.4 is 9.64 Å². The molecule has 4 aromatic rings. The molecule has 0 aliphatic carbocycles. The van der Waals surface area contributed by atoms with E-state index >= 15 is 0 Å². The monoisotopic (exact) mass is 538 g/mol. The number of carbonyl (C=O) groups is 1. The van der Waals surface area contributed by atoms with Crippen LogP contribution in [0, 0.1) is 0 Å². The second-order valence-corrected chi connectivity index (χ2v) is 10.0. The molecule has 7 heteroatoms. The summed E-state index contributed by atoms with van der Waals surface area (Å²) in [6, 6.07) is 19.2. The summed E-state index contributed by atoms with van der Waals surface area (Å²) in [6.45, 7) is 4.72. The number of halogens is 1. The van der Waals surface area contributed by atoms with Gasteiger partial charge >= 0.3 is 0 Å². The molecule has 6 nitrogen and oxygen atoms in total. The van der Waals surface area contributed by atoms with Crippen LogP contribution in [0.3, 0.4) is 0 Å². The second-order valence-electron chi connectivity index (χ2n) is 9.57. The van der Waals surface area contributed by atoms with Gasteiger partial charge in [-0.15, -0.1) is 0 Å². The summed E-state index contributed by atoms with van der Waals surface area (Å²) in [5, 5.41) is 0.566. The van der Waals surface area contributed by atoms with E-state index in [-0.39, 0.29) is 5.91 Å². The van der Waals surface area contributed by atoms with Crippen molar-refractivity contribution in [1.82, 2.24) is 9.97 Å². The van der Waals surface area contributed by atoms with E-state index in [1.807, 2.05) is 47.4 Å². The molecule has 0 saturated heterocycles. The SMILES string of the molecule is CCc1ccc(CC2N=C(c3cncnc3)c3cc(Cl)ccc3N(Cc3ccc(OC)cc3)C2=O)cc1CC. The summed E-state index contributed by atoms with van der Waals surface area (Å²) >= 11 is 6.48. The van der Waals surface area contributed by atoms with Gasteiger partial charge in [0.05, 0.1) is 25.1 Å². The molecule has 1 aliphatic heterocycles. The highest BCUT2D eigenvalue weighted by atomic mass is 35.5. The Morgan fingerprint density at radius 3 is 2.31 bits per heavy atom. The Morgan fingerprint density at radius 1 is 0.897 bits per heavy atom. The Hall–Kier alpha value is -4.03. The van der Waals surface area contributed by atoms with Gasteiger partial charge in [-0.05, 0) is 65.4 Å². The summed E-state index contributed by atoms with van der Waals surface area (Å²) in [4.78, 5) is 29.7. The molecule has 1 aliphatic rings. The molecule has 39 heavy (non-hydrogen) atoms. The number of aliphatic imine (C=N–C) groups is 1. The molecule has 1 aromatic heterocycles. The minimum Gasteiger partial charge on any atom is -0.497 e. The number of benzene rings is 3. The molecular weight excluding hydrogens is 508 g/mol. The Kier molecular flexibility index (Phi) is 8.03. The molecule has 2 heterocycles. The van der Waals surface area contributed by atoms with Crippen LogP contribution in [0.25, 0.3) is 0 Å². The van der Waals surface area contributed by atoms with Crippen molar-refractivity contribution in [1.29, 1.82) is 0 Å². The van der Waals surface area contributed by atoms with Gasteiger partial charge in [0.1, 0.15) is 18.1 Å². The van der Waals surface area contributed by atoms with E-state index in [1.165, 1.54) is 17.5 Å². The second kappa shape index (κ2) is 11.8. The number of hydrogen-bond donors (Lipinski definition) is 0. The van der Waals surface area contributed by atoms with Gasteiger partial charge in [-0.1, -0.05) is 55.8 Å². The van der Waals surface area contributed by atoms with Crippen molar-refractivity contribution >= 4 is 28.9 Å². The zero-order valence-electron chi connectivity index (χ0n) is 22.4. The Bertz CT molecular complexity index is 1500. The predicted octanol–water partition coefficient (Wildman–Crippen LogP) is 6.26. The highest BCUT2D eigenvalue weighted by Crippen LogP contribution is 2.33. The van der Waals surface area contributed by atoms with Crippen molar-refractivity contribution in [2.75, 3.05) is 12.0 Å². The van der Waals surface area contributed by atoms with Gasteiger partial charge in [-0.3, -0.25) is 9.79 Å². The number of hydrogen-bond acceptors (Lipinski definition) is 5. The average molecular weight is 539 g/mol. The zero-order chi connectivity index (χ0) is 27.4. The standard InChI is InChI=1S/C32H31ClN4O2/c1-4-23-9-6-22(14-24(23)5-2)15-29-32(38)37(19-21-7-11-27(39-3)12-8-21)30-13-10-26(33)16-28(30)31(36-29)25-17-34-20-35-18-25/h6-14,16-18,20,29H,4-5,15,19H2,1-3H3. The fourth-order valence-electron chi connectivity index (χ4n) is 5.08. The minimum atomic E-state index is -0.637. The third-order valence-corrected chi connectivity index (χ3v) is 7.37. The van der Waals surface area contributed by atoms with E-state index in [0.717, 1.165) is 46.5 Å². The lowest BCUT2D eigenvalue weighted by molar-refractivity contribution is -0.119. The molecule has 0 spiro atoms. The molecule has 0 saturated carbocycles. The Balaban J connectivity index is 1.63. The number of ether oxygens (including phenoxy) is 1. The number of aromatic nitrogens is 2. The number of rotatable bonds is 8. The Morgan fingerprint density at radius 2 is 1.62 bits per heavy atom. The van der Waals surface area contributed by atoms with E-state index < -0.39 is 6.04 Å². The maximum atomic E-state index is 14.3. The van der Waals surface area contributed by atoms with Crippen LogP contribution >= 0.6 is 11.6 Å². The fraction of sp³-hybridized carbons (Fsp3) is 0.250. The van der Waals surface area contributed by atoms with Crippen LogP contribution in [0.4, 0.5) is 5.69 Å². The topological polar surface area (TPSA) is 67.7 Å². The van der Waals surface area contributed by atoms with Crippen molar-refractivity contribution < 1.29 is 9.53 Å². The molecule has 0 N–H and O–H groups in total. The number of nitrogens with zero attached hydrogens (tertiary/aromatic N) is 4. The molecule has 5 rings (SSSR count). The van der Waals surface area contributed by atoms with Crippen molar-refractivity contribution in [2.45, 2.75) is 45.7 Å². The van der Waals surface area contributed by atoms with Crippen LogP contribution in [-0.2, 0) is 30.6 Å². The molecule has 1 atom stereocenters. The van der Waals surface area contributed by atoms with E-state index in [9.17, 15) is 4.79 Å². The maximum absolute atomic E-state index is 14.3. The Labute approximate surface area is 234 Å². The van der Waals surface area contributed by atoms with Crippen molar-refractivity contribution in [3.63, 3.8) is 0 Å². The molecule has 0 radical (unpaired) electrons. The lowest BCUT2D eigenvalue weighted by Crippen LogP contribution is -2.38. The normalized spacial score (nSPS) is 15.0. The number of fused-ring (bicyclic) bond motifs is 1. The summed E-state index contributed by atoms with van der Waals surface area (Å²) in [7, 11) is 1.64. The van der Waals surface area contributed by atoms with Gasteiger partial charge in [-0.25, -0.2) is 9.97 Å². The zero-order valence-corrected chi connectivity index (χ0v) is 23.2. The van der Waals surface area contributed by atoms with Gasteiger partial charge in [0.2, 0.25) is 0 Å². The van der Waals surface area contributed by atoms with Crippen molar-refractivity contribution in [3.05, 3.63) is 118 Å². The minimum absolute atomic E-state index is 0.0705. The largest absolute Gasteiger partial charge is 0.497 e. The molecule has 198 valence electrons. The van der Waals surface area contributed by atoms with Crippen molar-refractivity contribution in [3.8, 4) is 5.75 Å². The maximum Gasteiger partial charge on any atom is 0.252 e. The third kappa shape index (κ3) is 5.71. The van der Waals surface area contributed by atoms with Crippen LogP contribution in [0.15, 0.2) is 84.4 Å². The molecule has 1 unspecified atom stereocenters. The van der Waals surface area contributed by atoms with E-state index in [0.29, 0.717) is 23.7 Å². The summed E-state index contributed by atoms with van der Waals surface area (Å²) in [5.74, 6) is 0.696. The van der Waals surface area contributed by atoms with Crippen LogP contribution in [0.2, 0.25) is 5.02 Å². The quantitative estimate of drug-likeness (QED) is 0.265. The molecule has 3 aromatic carbocycles. The van der Waals surface area contributed by atoms with Crippen molar-refractivity contribution in [2.24, 2.45) is 4.99 Å². The lowest BCUT2D eigenvalue weighted by atomic mass is 9.96. The first-order valence-corrected chi connectivity index (χ1v) is 13.6. The summed E-state index contributed by atoms with van der Waals surface area (Å²) in [5.41, 5.74) is 7.63. The molecular formula is C32H31ClN4O2. The smallest absolute Gasteiger partial charge is 0.252 e. The fourth-order valence-corrected chi connectivity index (χ4v) is 5.25. The van der Waals surface area contributed by atoms with E-state index in [2.05, 4.69) is 42.0 Å². The first-order chi connectivity index (χ1) is 19.0. The number of amides is 1. The predicted molar refractivity (Wildman–Crippen MR) is 156 cm³/mol.